The lowest BCUT2D eigenvalue weighted by Gasteiger charge is -2.47. The fraction of sp³-hybridized carbons (Fsp3) is 0.409. The number of fused-ring (bicyclic) bond motifs is 1. The predicted molar refractivity (Wildman–Crippen MR) is 105 cm³/mol. The normalized spacial score (nSPS) is 22.0. The lowest BCUT2D eigenvalue weighted by atomic mass is 9.83. The number of piperidine rings is 2. The van der Waals surface area contributed by atoms with E-state index in [1.807, 2.05) is 52.4 Å². The summed E-state index contributed by atoms with van der Waals surface area (Å²) in [7, 11) is 1.61. The molecule has 2 atom stereocenters. The second-order valence-corrected chi connectivity index (χ2v) is 7.52. The van der Waals surface area contributed by atoms with Gasteiger partial charge in [0.25, 0.3) is 5.91 Å². The second kappa shape index (κ2) is 8.00. The van der Waals surface area contributed by atoms with Crippen molar-refractivity contribution in [2.75, 3.05) is 20.2 Å². The lowest BCUT2D eigenvalue weighted by Crippen LogP contribution is -2.56. The zero-order valence-corrected chi connectivity index (χ0v) is 16.1. The first-order valence-electron chi connectivity index (χ1n) is 9.77. The van der Waals surface area contributed by atoms with Crippen LogP contribution in [0.4, 0.5) is 0 Å². The van der Waals surface area contributed by atoms with Gasteiger partial charge in [-0.2, -0.15) is 0 Å². The maximum absolute atomic E-state index is 12.9. The number of likely N-dealkylation sites (tertiary alicyclic amines) is 2. The van der Waals surface area contributed by atoms with Gasteiger partial charge in [-0.25, -0.2) is 0 Å². The van der Waals surface area contributed by atoms with E-state index in [0.29, 0.717) is 37.5 Å². The average molecular weight is 379 g/mol. The summed E-state index contributed by atoms with van der Waals surface area (Å²) in [5, 5.41) is 0. The minimum absolute atomic E-state index is 0.0526. The Balaban J connectivity index is 1.45. The van der Waals surface area contributed by atoms with Crippen LogP contribution in [0.15, 0.2) is 48.8 Å². The number of methoxy groups -OCH3 is 1. The largest absolute Gasteiger partial charge is 0.497 e. The molecule has 3 heterocycles. The van der Waals surface area contributed by atoms with Crippen LogP contribution in [-0.2, 0) is 11.3 Å². The highest BCUT2D eigenvalue weighted by Crippen LogP contribution is 2.33. The van der Waals surface area contributed by atoms with Crippen LogP contribution in [0.1, 0.15) is 35.2 Å². The molecule has 146 valence electrons. The molecule has 2 aliphatic rings. The van der Waals surface area contributed by atoms with Gasteiger partial charge in [-0.3, -0.25) is 14.6 Å². The van der Waals surface area contributed by atoms with Gasteiger partial charge in [0.2, 0.25) is 5.91 Å². The van der Waals surface area contributed by atoms with Crippen molar-refractivity contribution in [1.29, 1.82) is 0 Å². The number of aromatic nitrogens is 1. The number of nitrogens with zero attached hydrogens (tertiary/aromatic N) is 3. The quantitative estimate of drug-likeness (QED) is 0.820. The molecule has 2 aliphatic heterocycles. The fourth-order valence-electron chi connectivity index (χ4n) is 4.35. The Kier molecular flexibility index (Phi) is 5.28. The molecule has 28 heavy (non-hydrogen) atoms. The number of rotatable bonds is 4. The van der Waals surface area contributed by atoms with Gasteiger partial charge in [0.1, 0.15) is 5.75 Å². The smallest absolute Gasteiger partial charge is 0.253 e. The van der Waals surface area contributed by atoms with Crippen molar-refractivity contribution in [2.24, 2.45) is 5.92 Å². The summed E-state index contributed by atoms with van der Waals surface area (Å²) < 4.78 is 5.17. The van der Waals surface area contributed by atoms with Crippen molar-refractivity contribution in [2.45, 2.75) is 31.8 Å². The minimum Gasteiger partial charge on any atom is -0.497 e. The van der Waals surface area contributed by atoms with Crippen molar-refractivity contribution in [1.82, 2.24) is 14.8 Å². The van der Waals surface area contributed by atoms with E-state index in [4.69, 9.17) is 4.74 Å². The maximum atomic E-state index is 12.9. The highest BCUT2D eigenvalue weighted by molar-refractivity contribution is 5.94. The minimum atomic E-state index is 0.0526. The van der Waals surface area contributed by atoms with Crippen molar-refractivity contribution < 1.29 is 14.3 Å². The molecule has 0 bridgehead atoms. The van der Waals surface area contributed by atoms with Crippen LogP contribution in [0.3, 0.4) is 0 Å². The van der Waals surface area contributed by atoms with Gasteiger partial charge in [-0.1, -0.05) is 6.07 Å². The molecule has 2 amide bonds. The number of carbonyl (C=O) groups excluding carboxylic acids is 2. The number of ether oxygens (including phenoxy) is 1. The van der Waals surface area contributed by atoms with E-state index in [9.17, 15) is 9.59 Å². The average Bonchev–Trinajstić information content (AvgIpc) is 2.75. The molecule has 2 aromatic rings. The molecule has 1 aromatic carbocycles. The fourth-order valence-corrected chi connectivity index (χ4v) is 4.35. The van der Waals surface area contributed by atoms with Crippen molar-refractivity contribution >= 4 is 11.8 Å². The Labute approximate surface area is 165 Å². The Morgan fingerprint density at radius 3 is 2.75 bits per heavy atom. The van der Waals surface area contributed by atoms with Crippen LogP contribution in [0, 0.1) is 5.92 Å². The molecule has 1 aromatic heterocycles. The summed E-state index contributed by atoms with van der Waals surface area (Å²) >= 11 is 0. The van der Waals surface area contributed by atoms with Crippen molar-refractivity contribution in [3.63, 3.8) is 0 Å². The molecule has 2 saturated heterocycles. The third-order valence-corrected chi connectivity index (χ3v) is 5.84. The van der Waals surface area contributed by atoms with Crippen molar-refractivity contribution in [3.05, 3.63) is 59.9 Å². The van der Waals surface area contributed by atoms with E-state index in [0.717, 1.165) is 24.2 Å². The summed E-state index contributed by atoms with van der Waals surface area (Å²) in [6, 6.07) is 11.4. The van der Waals surface area contributed by atoms with E-state index in [1.54, 1.807) is 13.3 Å². The summed E-state index contributed by atoms with van der Waals surface area (Å²) in [6.07, 6.45) is 5.77. The Bertz CT molecular complexity index is 838. The third kappa shape index (κ3) is 3.72. The highest BCUT2D eigenvalue weighted by Gasteiger charge is 2.40. The molecule has 6 nitrogen and oxygen atoms in total. The monoisotopic (exact) mass is 379 g/mol. The van der Waals surface area contributed by atoms with Crippen LogP contribution >= 0.6 is 0 Å². The number of benzene rings is 1. The summed E-state index contributed by atoms with van der Waals surface area (Å²) in [5.41, 5.74) is 1.73. The van der Waals surface area contributed by atoms with E-state index in [2.05, 4.69) is 4.98 Å². The SMILES string of the molecule is COc1ccc(C(=O)N2CC[C@H]3[C@H](CCC(=O)N3Cc3cccnc3)C2)cc1. The number of hydrogen-bond acceptors (Lipinski definition) is 4. The molecule has 0 aliphatic carbocycles. The van der Waals surface area contributed by atoms with Crippen LogP contribution < -0.4 is 4.74 Å². The van der Waals surface area contributed by atoms with E-state index >= 15 is 0 Å². The Morgan fingerprint density at radius 1 is 1.21 bits per heavy atom. The highest BCUT2D eigenvalue weighted by atomic mass is 16.5. The molecule has 0 N–H and O–H groups in total. The topological polar surface area (TPSA) is 62.7 Å². The van der Waals surface area contributed by atoms with Gasteiger partial charge < -0.3 is 14.5 Å². The van der Waals surface area contributed by atoms with Gasteiger partial charge in [0.15, 0.2) is 0 Å². The van der Waals surface area contributed by atoms with E-state index in [-0.39, 0.29) is 17.9 Å². The Morgan fingerprint density at radius 2 is 2.04 bits per heavy atom. The second-order valence-electron chi connectivity index (χ2n) is 7.52. The molecule has 0 spiro atoms. The van der Waals surface area contributed by atoms with Gasteiger partial charge in [0, 0.05) is 50.1 Å². The Hall–Kier alpha value is -2.89. The van der Waals surface area contributed by atoms with Gasteiger partial charge >= 0.3 is 0 Å². The lowest BCUT2D eigenvalue weighted by molar-refractivity contribution is -0.141. The molecule has 2 fully saturated rings. The van der Waals surface area contributed by atoms with Crippen LogP contribution in [0.25, 0.3) is 0 Å². The summed E-state index contributed by atoms with van der Waals surface area (Å²) in [4.78, 5) is 33.6. The molecular weight excluding hydrogens is 354 g/mol. The molecular formula is C22H25N3O3. The molecule has 4 rings (SSSR count). The maximum Gasteiger partial charge on any atom is 0.253 e. The number of carbonyl (C=O) groups is 2. The molecule has 0 radical (unpaired) electrons. The van der Waals surface area contributed by atoms with E-state index < -0.39 is 0 Å². The van der Waals surface area contributed by atoms with Crippen LogP contribution in [-0.4, -0.2) is 52.8 Å². The van der Waals surface area contributed by atoms with Gasteiger partial charge in [0.05, 0.1) is 7.11 Å². The molecule has 6 heteroatoms. The standard InChI is InChI=1S/C22H25N3O3/c1-28-19-7-4-17(5-8-19)22(27)24-12-10-20-18(15-24)6-9-21(26)25(20)14-16-3-2-11-23-13-16/h2-5,7-8,11,13,18,20H,6,9-10,12,14-15H2,1H3/t18-,20+/m1/s1. The van der Waals surface area contributed by atoms with Crippen LogP contribution in [0.5, 0.6) is 5.75 Å². The molecule has 0 saturated carbocycles. The summed E-state index contributed by atoms with van der Waals surface area (Å²) in [5.74, 6) is 1.33. The summed E-state index contributed by atoms with van der Waals surface area (Å²) in [6.45, 7) is 1.97. The zero-order chi connectivity index (χ0) is 19.5. The first-order chi connectivity index (χ1) is 13.7. The van der Waals surface area contributed by atoms with Crippen LogP contribution in [0.2, 0.25) is 0 Å². The third-order valence-electron chi connectivity index (χ3n) is 5.84. The van der Waals surface area contributed by atoms with Gasteiger partial charge in [-0.15, -0.1) is 0 Å². The first-order valence-corrected chi connectivity index (χ1v) is 9.77. The molecule has 0 unspecified atom stereocenters. The number of pyridine rings is 1. The van der Waals surface area contributed by atoms with E-state index in [1.165, 1.54) is 0 Å². The van der Waals surface area contributed by atoms with Gasteiger partial charge in [-0.05, 0) is 54.7 Å². The zero-order valence-electron chi connectivity index (χ0n) is 16.1. The predicted octanol–water partition coefficient (Wildman–Crippen LogP) is 2.74. The number of hydrogen-bond donors (Lipinski definition) is 0. The van der Waals surface area contributed by atoms with Crippen molar-refractivity contribution in [3.8, 4) is 5.75 Å². The number of amides is 2. The first kappa shape index (κ1) is 18.5.